The Morgan fingerprint density at radius 3 is 2.76 bits per heavy atom. The van der Waals surface area contributed by atoms with Gasteiger partial charge in [-0.05, 0) is 6.07 Å². The summed E-state index contributed by atoms with van der Waals surface area (Å²) in [7, 11) is 0. The van der Waals surface area contributed by atoms with Crippen LogP contribution in [0.2, 0.25) is 0 Å². The fourth-order valence-electron chi connectivity index (χ4n) is 2.68. The van der Waals surface area contributed by atoms with Crippen LogP contribution in [-0.2, 0) is 25.7 Å². The van der Waals surface area contributed by atoms with Crippen LogP contribution in [0.15, 0.2) is 24.4 Å². The zero-order valence-electron chi connectivity index (χ0n) is 12.8. The van der Waals surface area contributed by atoms with Crippen LogP contribution in [-0.4, -0.2) is 26.3 Å². The first-order valence-electron chi connectivity index (χ1n) is 7.31. The number of nitro groups is 1. The van der Waals surface area contributed by atoms with Gasteiger partial charge in [-0.25, -0.2) is 14.4 Å². The lowest BCUT2D eigenvalue weighted by molar-refractivity contribution is -0.385. The minimum Gasteiger partial charge on any atom is -0.294 e. The van der Waals surface area contributed by atoms with Gasteiger partial charge < -0.3 is 0 Å². The molecule has 6 nitrogen and oxygen atoms in total. The molecule has 0 fully saturated rings. The summed E-state index contributed by atoms with van der Waals surface area (Å²) in [5.41, 5.74) is 0.792. The lowest BCUT2D eigenvalue weighted by Crippen LogP contribution is -2.32. The zero-order chi connectivity index (χ0) is 18.2. The van der Waals surface area contributed by atoms with Crippen molar-refractivity contribution in [1.29, 1.82) is 0 Å². The van der Waals surface area contributed by atoms with E-state index in [0.717, 1.165) is 24.4 Å². The van der Waals surface area contributed by atoms with Gasteiger partial charge in [-0.1, -0.05) is 0 Å². The molecule has 0 spiro atoms. The second-order valence-electron chi connectivity index (χ2n) is 5.66. The van der Waals surface area contributed by atoms with Crippen molar-refractivity contribution in [3.05, 3.63) is 63.0 Å². The van der Waals surface area contributed by atoms with Crippen LogP contribution in [0.4, 0.5) is 23.2 Å². The second-order valence-corrected chi connectivity index (χ2v) is 5.66. The maximum atomic E-state index is 13.9. The number of rotatable bonds is 3. The molecule has 0 aliphatic carbocycles. The van der Waals surface area contributed by atoms with Crippen molar-refractivity contribution in [2.75, 3.05) is 6.54 Å². The fraction of sp³-hybridized carbons (Fsp3) is 0.333. The van der Waals surface area contributed by atoms with Crippen molar-refractivity contribution in [3.63, 3.8) is 0 Å². The van der Waals surface area contributed by atoms with Crippen LogP contribution in [0.5, 0.6) is 0 Å². The van der Waals surface area contributed by atoms with Crippen molar-refractivity contribution < 1.29 is 22.5 Å². The van der Waals surface area contributed by atoms with E-state index in [1.807, 2.05) is 0 Å². The number of hydrogen-bond donors (Lipinski definition) is 0. The predicted octanol–water partition coefficient (Wildman–Crippen LogP) is 3.10. The first-order chi connectivity index (χ1) is 11.7. The van der Waals surface area contributed by atoms with E-state index in [4.69, 9.17) is 0 Å². The minimum atomic E-state index is -4.60. The Morgan fingerprint density at radius 1 is 1.32 bits per heavy atom. The van der Waals surface area contributed by atoms with E-state index in [1.54, 1.807) is 4.90 Å². The molecule has 10 heteroatoms. The van der Waals surface area contributed by atoms with Crippen LogP contribution in [0.1, 0.15) is 22.6 Å². The first kappa shape index (κ1) is 17.2. The Kier molecular flexibility index (Phi) is 4.38. The number of nitrogens with zero attached hydrogens (tertiary/aromatic N) is 4. The maximum Gasteiger partial charge on any atom is 0.451 e. The van der Waals surface area contributed by atoms with Gasteiger partial charge in [0.2, 0.25) is 5.82 Å². The van der Waals surface area contributed by atoms with E-state index < -0.39 is 22.7 Å². The van der Waals surface area contributed by atoms with Gasteiger partial charge in [0.25, 0.3) is 5.69 Å². The molecule has 2 aromatic rings. The van der Waals surface area contributed by atoms with Gasteiger partial charge in [0, 0.05) is 55.5 Å². The highest BCUT2D eigenvalue weighted by molar-refractivity contribution is 5.35. The normalized spacial score (nSPS) is 15.0. The summed E-state index contributed by atoms with van der Waals surface area (Å²) in [6, 6.07) is 3.27. The Hall–Kier alpha value is -2.62. The molecule has 0 bridgehead atoms. The average molecular weight is 356 g/mol. The molecule has 0 amide bonds. The maximum absolute atomic E-state index is 13.9. The summed E-state index contributed by atoms with van der Waals surface area (Å²) < 4.78 is 51.8. The molecule has 0 saturated heterocycles. The van der Waals surface area contributed by atoms with E-state index in [-0.39, 0.29) is 30.8 Å². The SMILES string of the molecule is O=[N+]([O-])c1ccc(F)c(CN2CCc3nc(C(F)(F)F)ncc3C2)c1. The molecular formula is C15H12F4N4O2. The molecule has 1 aliphatic rings. The zero-order valence-corrected chi connectivity index (χ0v) is 12.8. The minimum absolute atomic E-state index is 0.105. The second kappa shape index (κ2) is 6.36. The lowest BCUT2D eigenvalue weighted by atomic mass is 10.1. The topological polar surface area (TPSA) is 72.2 Å². The smallest absolute Gasteiger partial charge is 0.294 e. The molecular weight excluding hydrogens is 344 g/mol. The summed E-state index contributed by atoms with van der Waals surface area (Å²) in [5.74, 6) is -1.75. The first-order valence-corrected chi connectivity index (χ1v) is 7.31. The molecule has 0 N–H and O–H groups in total. The molecule has 1 aliphatic heterocycles. The summed E-state index contributed by atoms with van der Waals surface area (Å²) in [5, 5.41) is 10.8. The standard InChI is InChI=1S/C15H12F4N4O2/c16-12-2-1-11(23(24)25)5-9(12)7-22-4-3-13-10(8-22)6-20-14(21-13)15(17,18)19/h1-2,5-6H,3-4,7-8H2. The van der Waals surface area contributed by atoms with Crippen molar-refractivity contribution >= 4 is 5.69 Å². The van der Waals surface area contributed by atoms with Crippen LogP contribution >= 0.6 is 0 Å². The highest BCUT2D eigenvalue weighted by atomic mass is 19.4. The van der Waals surface area contributed by atoms with Crippen molar-refractivity contribution in [2.24, 2.45) is 0 Å². The van der Waals surface area contributed by atoms with Crippen molar-refractivity contribution in [2.45, 2.75) is 25.7 Å². The summed E-state index contributed by atoms with van der Waals surface area (Å²) in [4.78, 5) is 18.9. The van der Waals surface area contributed by atoms with E-state index >= 15 is 0 Å². The molecule has 2 heterocycles. The molecule has 132 valence electrons. The molecule has 0 unspecified atom stereocenters. The van der Waals surface area contributed by atoms with E-state index in [0.29, 0.717) is 17.8 Å². The third-order valence-electron chi connectivity index (χ3n) is 3.90. The Labute approximate surface area is 139 Å². The van der Waals surface area contributed by atoms with Crippen LogP contribution < -0.4 is 0 Å². The van der Waals surface area contributed by atoms with Gasteiger partial charge in [-0.2, -0.15) is 13.2 Å². The number of alkyl halides is 3. The Bertz CT molecular complexity index is 826. The molecule has 0 radical (unpaired) electrons. The largest absolute Gasteiger partial charge is 0.451 e. The molecule has 1 aromatic heterocycles. The highest BCUT2D eigenvalue weighted by Crippen LogP contribution is 2.28. The molecule has 3 rings (SSSR count). The quantitative estimate of drug-likeness (QED) is 0.480. The third kappa shape index (κ3) is 3.73. The van der Waals surface area contributed by atoms with Crippen molar-refractivity contribution in [1.82, 2.24) is 14.9 Å². The van der Waals surface area contributed by atoms with Crippen LogP contribution in [0.25, 0.3) is 0 Å². The number of fused-ring (bicyclic) bond motifs is 1. The van der Waals surface area contributed by atoms with Gasteiger partial charge in [-0.3, -0.25) is 15.0 Å². The number of aromatic nitrogens is 2. The Balaban J connectivity index is 1.78. The van der Waals surface area contributed by atoms with E-state index in [1.165, 1.54) is 0 Å². The predicted molar refractivity (Wildman–Crippen MR) is 77.9 cm³/mol. The van der Waals surface area contributed by atoms with Gasteiger partial charge in [0.1, 0.15) is 5.82 Å². The summed E-state index contributed by atoms with van der Waals surface area (Å²) in [6.07, 6.45) is -3.21. The number of halogens is 4. The van der Waals surface area contributed by atoms with Crippen LogP contribution in [0.3, 0.4) is 0 Å². The van der Waals surface area contributed by atoms with Gasteiger partial charge in [-0.15, -0.1) is 0 Å². The number of non-ortho nitro benzene ring substituents is 1. The van der Waals surface area contributed by atoms with Gasteiger partial charge in [0.05, 0.1) is 10.6 Å². The molecule has 0 atom stereocenters. The monoisotopic (exact) mass is 356 g/mol. The van der Waals surface area contributed by atoms with E-state index in [9.17, 15) is 27.7 Å². The number of benzene rings is 1. The number of hydrogen-bond acceptors (Lipinski definition) is 5. The molecule has 0 saturated carbocycles. The number of nitro benzene ring substituents is 1. The molecule has 25 heavy (non-hydrogen) atoms. The lowest BCUT2D eigenvalue weighted by Gasteiger charge is -2.28. The summed E-state index contributed by atoms with van der Waals surface area (Å²) in [6.45, 7) is 0.715. The Morgan fingerprint density at radius 2 is 2.08 bits per heavy atom. The summed E-state index contributed by atoms with van der Waals surface area (Å²) >= 11 is 0. The van der Waals surface area contributed by atoms with Gasteiger partial charge >= 0.3 is 6.18 Å². The fourth-order valence-corrected chi connectivity index (χ4v) is 2.68. The highest BCUT2D eigenvalue weighted by Gasteiger charge is 2.35. The van der Waals surface area contributed by atoms with Crippen LogP contribution in [0, 0.1) is 15.9 Å². The molecule has 1 aromatic carbocycles. The van der Waals surface area contributed by atoms with Crippen molar-refractivity contribution in [3.8, 4) is 0 Å². The van der Waals surface area contributed by atoms with Gasteiger partial charge in [0.15, 0.2) is 0 Å². The third-order valence-corrected chi connectivity index (χ3v) is 3.90. The average Bonchev–Trinajstić information content (AvgIpc) is 2.55. The van der Waals surface area contributed by atoms with E-state index in [2.05, 4.69) is 9.97 Å².